The van der Waals surface area contributed by atoms with E-state index in [2.05, 4.69) is 5.32 Å². The predicted molar refractivity (Wildman–Crippen MR) is 89.7 cm³/mol. The average Bonchev–Trinajstić information content (AvgIpc) is 2.56. The number of aliphatic hydroxyl groups is 1. The Morgan fingerprint density at radius 2 is 1.96 bits per heavy atom. The number of phenolic OH excluding ortho intramolecular Hbond substituents is 1. The molecule has 7 heteroatoms. The minimum absolute atomic E-state index is 0.0458. The summed E-state index contributed by atoms with van der Waals surface area (Å²) in [5, 5.41) is 22.7. The number of esters is 1. The zero-order valence-electron chi connectivity index (χ0n) is 12.0. The van der Waals surface area contributed by atoms with Gasteiger partial charge in [-0.2, -0.15) is 0 Å². The summed E-state index contributed by atoms with van der Waals surface area (Å²) in [6.07, 6.45) is -0.787. The SMILES string of the molecule is O=C(Oc1cc(Cl)cc(NCC(O)CCl)c1O)c1ccccc1. The molecule has 1 unspecified atom stereocenters. The van der Waals surface area contributed by atoms with Crippen LogP contribution in [0.4, 0.5) is 5.69 Å². The second-order valence-electron chi connectivity index (χ2n) is 4.74. The molecule has 23 heavy (non-hydrogen) atoms. The Morgan fingerprint density at radius 3 is 2.61 bits per heavy atom. The van der Waals surface area contributed by atoms with Gasteiger partial charge in [-0.15, -0.1) is 11.6 Å². The molecule has 0 bridgehead atoms. The lowest BCUT2D eigenvalue weighted by atomic mass is 10.2. The second-order valence-corrected chi connectivity index (χ2v) is 5.49. The third kappa shape index (κ3) is 4.76. The van der Waals surface area contributed by atoms with E-state index >= 15 is 0 Å². The Labute approximate surface area is 143 Å². The molecular weight excluding hydrogens is 341 g/mol. The zero-order valence-corrected chi connectivity index (χ0v) is 13.5. The van der Waals surface area contributed by atoms with Gasteiger partial charge in [-0.25, -0.2) is 4.79 Å². The van der Waals surface area contributed by atoms with Crippen LogP contribution in [0.3, 0.4) is 0 Å². The summed E-state index contributed by atoms with van der Waals surface area (Å²) >= 11 is 11.5. The molecule has 2 rings (SSSR count). The van der Waals surface area contributed by atoms with E-state index in [1.807, 2.05) is 0 Å². The molecule has 0 aliphatic carbocycles. The molecule has 0 spiro atoms. The molecule has 1 atom stereocenters. The Hall–Kier alpha value is -1.95. The fourth-order valence-electron chi connectivity index (χ4n) is 1.80. The molecule has 0 saturated carbocycles. The van der Waals surface area contributed by atoms with Crippen LogP contribution in [0.2, 0.25) is 5.02 Å². The van der Waals surface area contributed by atoms with Crippen molar-refractivity contribution in [1.82, 2.24) is 0 Å². The number of anilines is 1. The molecule has 0 aliphatic heterocycles. The lowest BCUT2D eigenvalue weighted by molar-refractivity contribution is 0.0730. The number of benzene rings is 2. The number of ether oxygens (including phenoxy) is 1. The quantitative estimate of drug-likeness (QED) is 0.320. The van der Waals surface area contributed by atoms with Crippen molar-refractivity contribution in [2.75, 3.05) is 17.7 Å². The standard InChI is InChI=1S/C16H15Cl2NO4/c17-8-12(20)9-19-13-6-11(18)7-14(15(13)21)23-16(22)10-4-2-1-3-5-10/h1-7,12,19-21H,8-9H2. The summed E-state index contributed by atoms with van der Waals surface area (Å²) in [5.41, 5.74) is 0.580. The third-order valence-corrected chi connectivity index (χ3v) is 3.53. The van der Waals surface area contributed by atoms with Gasteiger partial charge in [-0.3, -0.25) is 0 Å². The van der Waals surface area contributed by atoms with Crippen molar-refractivity contribution in [3.8, 4) is 11.5 Å². The van der Waals surface area contributed by atoms with E-state index in [1.54, 1.807) is 30.3 Å². The molecule has 2 aromatic rings. The number of rotatable bonds is 6. The van der Waals surface area contributed by atoms with Crippen LogP contribution in [0.1, 0.15) is 10.4 Å². The number of hydrogen-bond acceptors (Lipinski definition) is 5. The maximum Gasteiger partial charge on any atom is 0.343 e. The van der Waals surface area contributed by atoms with Crippen molar-refractivity contribution in [1.29, 1.82) is 0 Å². The third-order valence-electron chi connectivity index (χ3n) is 2.96. The summed E-state index contributed by atoms with van der Waals surface area (Å²) in [7, 11) is 0. The topological polar surface area (TPSA) is 78.8 Å². The lowest BCUT2D eigenvalue weighted by Gasteiger charge is -2.14. The van der Waals surface area contributed by atoms with Crippen LogP contribution < -0.4 is 10.1 Å². The highest BCUT2D eigenvalue weighted by Crippen LogP contribution is 2.37. The zero-order chi connectivity index (χ0) is 16.8. The monoisotopic (exact) mass is 355 g/mol. The van der Waals surface area contributed by atoms with Gasteiger partial charge in [0.15, 0.2) is 11.5 Å². The fourth-order valence-corrected chi connectivity index (χ4v) is 2.12. The highest BCUT2D eigenvalue weighted by Gasteiger charge is 2.16. The Morgan fingerprint density at radius 1 is 1.26 bits per heavy atom. The van der Waals surface area contributed by atoms with Crippen LogP contribution >= 0.6 is 23.2 Å². The van der Waals surface area contributed by atoms with Crippen LogP contribution in [0.15, 0.2) is 42.5 Å². The number of aromatic hydroxyl groups is 1. The summed E-state index contributed by atoms with van der Waals surface area (Å²) in [6.45, 7) is 0.115. The van der Waals surface area contributed by atoms with Crippen molar-refractivity contribution in [3.05, 3.63) is 53.1 Å². The van der Waals surface area contributed by atoms with E-state index in [1.165, 1.54) is 12.1 Å². The average molecular weight is 356 g/mol. The van der Waals surface area contributed by atoms with E-state index in [9.17, 15) is 15.0 Å². The van der Waals surface area contributed by atoms with Gasteiger partial charge in [0.25, 0.3) is 0 Å². The molecule has 0 aromatic heterocycles. The van der Waals surface area contributed by atoms with Crippen molar-refractivity contribution < 1.29 is 19.7 Å². The number of nitrogens with one attached hydrogen (secondary N) is 1. The van der Waals surface area contributed by atoms with E-state index in [-0.39, 0.29) is 34.6 Å². The molecule has 122 valence electrons. The first-order valence-corrected chi connectivity index (χ1v) is 7.70. The van der Waals surface area contributed by atoms with Crippen LogP contribution in [-0.2, 0) is 0 Å². The molecule has 0 amide bonds. The first-order chi connectivity index (χ1) is 11.0. The number of hydrogen-bond donors (Lipinski definition) is 3. The van der Waals surface area contributed by atoms with Crippen LogP contribution in [0.5, 0.6) is 11.5 Å². The molecule has 0 fully saturated rings. The van der Waals surface area contributed by atoms with E-state index < -0.39 is 12.1 Å². The van der Waals surface area contributed by atoms with Crippen molar-refractivity contribution in [3.63, 3.8) is 0 Å². The van der Waals surface area contributed by atoms with Gasteiger partial charge in [-0.05, 0) is 18.2 Å². The molecule has 0 heterocycles. The molecule has 0 radical (unpaired) electrons. The first kappa shape index (κ1) is 17.4. The van der Waals surface area contributed by atoms with E-state index in [4.69, 9.17) is 27.9 Å². The van der Waals surface area contributed by atoms with Crippen molar-refractivity contribution >= 4 is 34.9 Å². The van der Waals surface area contributed by atoms with Gasteiger partial charge in [-0.1, -0.05) is 29.8 Å². The van der Waals surface area contributed by atoms with Crippen LogP contribution in [0.25, 0.3) is 0 Å². The molecule has 3 N–H and O–H groups in total. The maximum atomic E-state index is 12.0. The number of aliphatic hydroxyl groups excluding tert-OH is 1. The number of alkyl halides is 1. The predicted octanol–water partition coefficient (Wildman–Crippen LogP) is 3.28. The Balaban J connectivity index is 2.18. The van der Waals surface area contributed by atoms with Gasteiger partial charge in [0.05, 0.1) is 23.2 Å². The van der Waals surface area contributed by atoms with E-state index in [0.29, 0.717) is 5.56 Å². The van der Waals surface area contributed by atoms with Gasteiger partial charge < -0.3 is 20.3 Å². The van der Waals surface area contributed by atoms with Crippen LogP contribution in [-0.4, -0.2) is 34.7 Å². The molecule has 2 aromatic carbocycles. The Kier molecular flexibility index (Phi) is 6.10. The minimum atomic E-state index is -0.787. The largest absolute Gasteiger partial charge is 0.503 e. The summed E-state index contributed by atoms with van der Waals surface area (Å²) in [4.78, 5) is 12.0. The molecular formula is C16H15Cl2NO4. The second kappa shape index (κ2) is 8.06. The molecule has 0 aliphatic rings. The number of carbonyl (C=O) groups is 1. The van der Waals surface area contributed by atoms with Crippen LogP contribution in [0, 0.1) is 0 Å². The number of phenols is 1. The smallest absolute Gasteiger partial charge is 0.343 e. The highest BCUT2D eigenvalue weighted by atomic mass is 35.5. The first-order valence-electron chi connectivity index (χ1n) is 6.79. The summed E-state index contributed by atoms with van der Waals surface area (Å²) in [5.74, 6) is -0.922. The van der Waals surface area contributed by atoms with Gasteiger partial charge in [0.2, 0.25) is 0 Å². The highest BCUT2D eigenvalue weighted by molar-refractivity contribution is 6.31. The minimum Gasteiger partial charge on any atom is -0.503 e. The Bertz CT molecular complexity index is 679. The number of halogens is 2. The normalized spacial score (nSPS) is 11.8. The van der Waals surface area contributed by atoms with Crippen molar-refractivity contribution in [2.24, 2.45) is 0 Å². The van der Waals surface area contributed by atoms with E-state index in [0.717, 1.165) is 0 Å². The summed E-state index contributed by atoms with van der Waals surface area (Å²) in [6, 6.07) is 11.2. The van der Waals surface area contributed by atoms with Crippen molar-refractivity contribution in [2.45, 2.75) is 6.10 Å². The lowest BCUT2D eigenvalue weighted by Crippen LogP contribution is -2.20. The molecule has 5 nitrogen and oxygen atoms in total. The summed E-state index contributed by atoms with van der Waals surface area (Å²) < 4.78 is 5.18. The maximum absolute atomic E-state index is 12.0. The van der Waals surface area contributed by atoms with Gasteiger partial charge in [0, 0.05) is 17.6 Å². The number of carbonyl (C=O) groups excluding carboxylic acids is 1. The van der Waals surface area contributed by atoms with Gasteiger partial charge >= 0.3 is 5.97 Å². The molecule has 0 saturated heterocycles. The van der Waals surface area contributed by atoms with Gasteiger partial charge in [0.1, 0.15) is 0 Å². The fraction of sp³-hybridized carbons (Fsp3) is 0.188.